The van der Waals surface area contributed by atoms with Gasteiger partial charge in [-0.15, -0.1) is 0 Å². The van der Waals surface area contributed by atoms with Gasteiger partial charge in [0, 0.05) is 31.7 Å². The highest BCUT2D eigenvalue weighted by molar-refractivity contribution is 5.81. The molecule has 0 radical (unpaired) electrons. The van der Waals surface area contributed by atoms with E-state index in [1.165, 1.54) is 0 Å². The van der Waals surface area contributed by atoms with E-state index in [4.69, 9.17) is 15.2 Å². The van der Waals surface area contributed by atoms with E-state index in [9.17, 15) is 4.79 Å². The molecule has 122 valence electrons. The van der Waals surface area contributed by atoms with Gasteiger partial charge >= 0.3 is 0 Å². The quantitative estimate of drug-likeness (QED) is 0.811. The second-order valence-electron chi connectivity index (χ2n) is 5.74. The second-order valence-corrected chi connectivity index (χ2v) is 5.74. The summed E-state index contributed by atoms with van der Waals surface area (Å²) in [5.41, 5.74) is 6.72. The zero-order valence-corrected chi connectivity index (χ0v) is 13.5. The van der Waals surface area contributed by atoms with Crippen LogP contribution in [0.2, 0.25) is 0 Å². The zero-order valence-electron chi connectivity index (χ0n) is 13.5. The molecule has 1 aromatic carbocycles. The van der Waals surface area contributed by atoms with Crippen molar-refractivity contribution in [3.05, 3.63) is 23.8 Å². The van der Waals surface area contributed by atoms with Gasteiger partial charge < -0.3 is 20.5 Å². The molecule has 0 spiro atoms. The molecule has 2 atom stereocenters. The van der Waals surface area contributed by atoms with Gasteiger partial charge in [0.05, 0.1) is 20.3 Å². The normalized spacial score (nSPS) is 19.7. The first-order chi connectivity index (χ1) is 10.5. The van der Waals surface area contributed by atoms with Gasteiger partial charge in [-0.05, 0) is 31.0 Å². The molecule has 0 aliphatic carbocycles. The van der Waals surface area contributed by atoms with Crippen LogP contribution in [-0.4, -0.2) is 50.2 Å². The van der Waals surface area contributed by atoms with E-state index in [1.807, 2.05) is 18.2 Å². The summed E-state index contributed by atoms with van der Waals surface area (Å²) < 4.78 is 10.6. The SMILES string of the molecule is COc1cc(CN2CCC(NC(=O)C(C)N)C2)cc(OC)c1. The fourth-order valence-electron chi connectivity index (χ4n) is 2.64. The van der Waals surface area contributed by atoms with Gasteiger partial charge in [0.15, 0.2) is 0 Å². The van der Waals surface area contributed by atoms with Crippen LogP contribution < -0.4 is 20.5 Å². The van der Waals surface area contributed by atoms with E-state index in [0.29, 0.717) is 0 Å². The van der Waals surface area contributed by atoms with E-state index in [2.05, 4.69) is 10.2 Å². The van der Waals surface area contributed by atoms with Crippen molar-refractivity contribution < 1.29 is 14.3 Å². The van der Waals surface area contributed by atoms with E-state index in [0.717, 1.165) is 43.1 Å². The maximum atomic E-state index is 11.6. The molecule has 6 nitrogen and oxygen atoms in total. The Hall–Kier alpha value is -1.79. The highest BCUT2D eigenvalue weighted by Gasteiger charge is 2.24. The third-order valence-electron chi connectivity index (χ3n) is 3.85. The number of nitrogens with two attached hydrogens (primary N) is 1. The van der Waals surface area contributed by atoms with Crippen molar-refractivity contribution in [1.29, 1.82) is 0 Å². The van der Waals surface area contributed by atoms with Crippen LogP contribution in [0.3, 0.4) is 0 Å². The van der Waals surface area contributed by atoms with Crippen molar-refractivity contribution in [3.63, 3.8) is 0 Å². The van der Waals surface area contributed by atoms with Crippen molar-refractivity contribution in [3.8, 4) is 11.5 Å². The molecule has 1 aromatic rings. The monoisotopic (exact) mass is 307 g/mol. The molecule has 0 bridgehead atoms. The first-order valence-electron chi connectivity index (χ1n) is 7.52. The van der Waals surface area contributed by atoms with Crippen LogP contribution >= 0.6 is 0 Å². The summed E-state index contributed by atoms with van der Waals surface area (Å²) in [6.45, 7) is 4.28. The van der Waals surface area contributed by atoms with Crippen molar-refractivity contribution in [2.45, 2.75) is 32.0 Å². The van der Waals surface area contributed by atoms with E-state index >= 15 is 0 Å². The highest BCUT2D eigenvalue weighted by atomic mass is 16.5. The number of amides is 1. The van der Waals surface area contributed by atoms with Gasteiger partial charge in [-0.3, -0.25) is 9.69 Å². The maximum absolute atomic E-state index is 11.6. The Morgan fingerprint density at radius 3 is 2.55 bits per heavy atom. The summed E-state index contributed by atoms with van der Waals surface area (Å²) in [7, 11) is 3.29. The molecule has 0 saturated carbocycles. The Labute approximate surface area is 131 Å². The second kappa shape index (κ2) is 7.47. The summed E-state index contributed by atoms with van der Waals surface area (Å²) in [5.74, 6) is 1.49. The topological polar surface area (TPSA) is 76.8 Å². The van der Waals surface area contributed by atoms with Crippen LogP contribution in [0.25, 0.3) is 0 Å². The zero-order chi connectivity index (χ0) is 16.1. The standard InChI is InChI=1S/C16H25N3O3/c1-11(17)16(20)18-13-4-5-19(10-13)9-12-6-14(21-2)8-15(7-12)22-3/h6-8,11,13H,4-5,9-10,17H2,1-3H3,(H,18,20). The molecule has 2 unspecified atom stereocenters. The predicted molar refractivity (Wildman–Crippen MR) is 85.0 cm³/mol. The molecular formula is C16H25N3O3. The average Bonchev–Trinajstić information content (AvgIpc) is 2.93. The summed E-state index contributed by atoms with van der Waals surface area (Å²) in [5, 5.41) is 2.98. The molecule has 2 rings (SSSR count). The van der Waals surface area contributed by atoms with Crippen LogP contribution in [0, 0.1) is 0 Å². The van der Waals surface area contributed by atoms with Crippen LogP contribution in [0.4, 0.5) is 0 Å². The van der Waals surface area contributed by atoms with Gasteiger partial charge in [0.25, 0.3) is 0 Å². The van der Waals surface area contributed by atoms with Crippen LogP contribution in [0.1, 0.15) is 18.9 Å². The van der Waals surface area contributed by atoms with Gasteiger partial charge in [0.2, 0.25) is 5.91 Å². The van der Waals surface area contributed by atoms with Gasteiger partial charge in [-0.2, -0.15) is 0 Å². The number of nitrogens with zero attached hydrogens (tertiary/aromatic N) is 1. The van der Waals surface area contributed by atoms with Crippen molar-refractivity contribution in [1.82, 2.24) is 10.2 Å². The molecule has 1 saturated heterocycles. The molecular weight excluding hydrogens is 282 g/mol. The number of nitrogens with one attached hydrogen (secondary N) is 1. The Morgan fingerprint density at radius 2 is 2.00 bits per heavy atom. The lowest BCUT2D eigenvalue weighted by Crippen LogP contribution is -2.44. The number of ether oxygens (including phenoxy) is 2. The Bertz CT molecular complexity index is 497. The maximum Gasteiger partial charge on any atom is 0.236 e. The van der Waals surface area contributed by atoms with Crippen molar-refractivity contribution in [2.24, 2.45) is 5.73 Å². The van der Waals surface area contributed by atoms with Crippen molar-refractivity contribution in [2.75, 3.05) is 27.3 Å². The van der Waals surface area contributed by atoms with E-state index < -0.39 is 6.04 Å². The molecule has 1 aliphatic heterocycles. The fourth-order valence-corrected chi connectivity index (χ4v) is 2.64. The lowest BCUT2D eigenvalue weighted by atomic mass is 10.2. The Kier molecular flexibility index (Phi) is 5.63. The molecule has 1 amide bonds. The van der Waals surface area contributed by atoms with Gasteiger partial charge in [-0.1, -0.05) is 0 Å². The highest BCUT2D eigenvalue weighted by Crippen LogP contribution is 2.24. The number of benzene rings is 1. The summed E-state index contributed by atoms with van der Waals surface area (Å²) in [6.07, 6.45) is 0.944. The number of carbonyl (C=O) groups excluding carboxylic acids is 1. The minimum atomic E-state index is -0.461. The minimum Gasteiger partial charge on any atom is -0.497 e. The first-order valence-corrected chi connectivity index (χ1v) is 7.52. The molecule has 22 heavy (non-hydrogen) atoms. The smallest absolute Gasteiger partial charge is 0.236 e. The Balaban J connectivity index is 1.94. The van der Waals surface area contributed by atoms with E-state index in [1.54, 1.807) is 21.1 Å². The molecule has 0 aromatic heterocycles. The van der Waals surface area contributed by atoms with Crippen molar-refractivity contribution >= 4 is 5.91 Å². The largest absolute Gasteiger partial charge is 0.497 e. The molecule has 3 N–H and O–H groups in total. The number of likely N-dealkylation sites (tertiary alicyclic amines) is 1. The first kappa shape index (κ1) is 16.6. The lowest BCUT2D eigenvalue weighted by Gasteiger charge is -2.18. The number of carbonyl (C=O) groups is 1. The molecule has 1 heterocycles. The van der Waals surface area contributed by atoms with Gasteiger partial charge in [-0.25, -0.2) is 0 Å². The summed E-state index contributed by atoms with van der Waals surface area (Å²) in [4.78, 5) is 13.9. The van der Waals surface area contributed by atoms with Crippen LogP contribution in [0.5, 0.6) is 11.5 Å². The average molecular weight is 307 g/mol. The number of hydrogen-bond donors (Lipinski definition) is 2. The number of rotatable bonds is 6. The van der Waals surface area contributed by atoms with Gasteiger partial charge in [0.1, 0.15) is 11.5 Å². The summed E-state index contributed by atoms with van der Waals surface area (Å²) in [6, 6.07) is 5.59. The Morgan fingerprint density at radius 1 is 1.36 bits per heavy atom. The molecule has 1 fully saturated rings. The third-order valence-corrected chi connectivity index (χ3v) is 3.85. The predicted octanol–water partition coefficient (Wildman–Crippen LogP) is 0.742. The minimum absolute atomic E-state index is 0.0881. The number of methoxy groups -OCH3 is 2. The summed E-state index contributed by atoms with van der Waals surface area (Å²) >= 11 is 0. The van der Waals surface area contributed by atoms with Crippen LogP contribution in [0.15, 0.2) is 18.2 Å². The third kappa shape index (κ3) is 4.35. The molecule has 1 aliphatic rings. The van der Waals surface area contributed by atoms with E-state index in [-0.39, 0.29) is 11.9 Å². The fraction of sp³-hybridized carbons (Fsp3) is 0.562. The number of hydrogen-bond acceptors (Lipinski definition) is 5. The van der Waals surface area contributed by atoms with Crippen LogP contribution in [-0.2, 0) is 11.3 Å². The molecule has 6 heteroatoms. The lowest BCUT2D eigenvalue weighted by molar-refractivity contribution is -0.122.